The van der Waals surface area contributed by atoms with Crippen LogP contribution in [0.2, 0.25) is 0 Å². The van der Waals surface area contributed by atoms with Crippen LogP contribution in [0.15, 0.2) is 48.9 Å². The molecule has 0 radical (unpaired) electrons. The molecule has 2 heterocycles. The van der Waals surface area contributed by atoms with E-state index >= 15 is 0 Å². The van der Waals surface area contributed by atoms with Gasteiger partial charge in [0.15, 0.2) is 5.82 Å². The molecule has 0 bridgehead atoms. The molecule has 144 valence electrons. The fraction of sp³-hybridized carbons (Fsp3) is 0.286. The molecule has 0 spiro atoms. The Morgan fingerprint density at radius 3 is 2.82 bits per heavy atom. The second-order valence-electron chi connectivity index (χ2n) is 6.92. The third-order valence-corrected chi connectivity index (χ3v) is 5.05. The normalized spacial score (nSPS) is 15.9. The second-order valence-corrected chi connectivity index (χ2v) is 6.92. The van der Waals surface area contributed by atoms with Crippen molar-refractivity contribution in [2.24, 2.45) is 0 Å². The van der Waals surface area contributed by atoms with Crippen LogP contribution in [-0.2, 0) is 17.6 Å². The van der Waals surface area contributed by atoms with Crippen LogP contribution < -0.4 is 5.32 Å². The highest BCUT2D eigenvalue weighted by atomic mass is 19.1. The molecule has 1 atom stereocenters. The highest BCUT2D eigenvalue weighted by molar-refractivity contribution is 5.76. The molecule has 0 unspecified atom stereocenters. The molecule has 1 N–H and O–H groups in total. The maximum atomic E-state index is 14.2. The van der Waals surface area contributed by atoms with E-state index in [1.54, 1.807) is 18.6 Å². The number of halogens is 2. The molecular weight excluding hydrogens is 362 g/mol. The number of fused-ring (bicyclic) bond motifs is 1. The lowest BCUT2D eigenvalue weighted by molar-refractivity contribution is -0.121. The van der Waals surface area contributed by atoms with Crippen molar-refractivity contribution in [2.75, 3.05) is 0 Å². The van der Waals surface area contributed by atoms with Crippen LogP contribution in [0.5, 0.6) is 0 Å². The summed E-state index contributed by atoms with van der Waals surface area (Å²) in [5.41, 5.74) is 3.03. The smallest absolute Gasteiger partial charge is 0.220 e. The first kappa shape index (κ1) is 18.3. The predicted octanol–water partition coefficient (Wildman–Crippen LogP) is 3.67. The third kappa shape index (κ3) is 3.78. The van der Waals surface area contributed by atoms with Gasteiger partial charge in [-0.1, -0.05) is 0 Å². The van der Waals surface area contributed by atoms with Gasteiger partial charge in [-0.25, -0.2) is 13.5 Å². The molecule has 7 heteroatoms. The predicted molar refractivity (Wildman–Crippen MR) is 99.9 cm³/mol. The summed E-state index contributed by atoms with van der Waals surface area (Å²) in [5, 5.41) is 7.38. The Hall–Kier alpha value is -3.09. The third-order valence-electron chi connectivity index (χ3n) is 5.05. The van der Waals surface area contributed by atoms with Gasteiger partial charge in [0.2, 0.25) is 5.91 Å². The molecule has 2 aromatic heterocycles. The minimum atomic E-state index is -0.658. The zero-order valence-corrected chi connectivity index (χ0v) is 15.2. The van der Waals surface area contributed by atoms with Crippen molar-refractivity contribution in [1.82, 2.24) is 20.1 Å². The lowest BCUT2D eigenvalue weighted by Crippen LogP contribution is -2.31. The number of hydrogen-bond donors (Lipinski definition) is 1. The Balaban J connectivity index is 1.49. The Morgan fingerprint density at radius 1 is 1.21 bits per heavy atom. The van der Waals surface area contributed by atoms with Gasteiger partial charge in [-0.15, -0.1) is 0 Å². The van der Waals surface area contributed by atoms with Gasteiger partial charge in [-0.05, 0) is 55.5 Å². The number of aromatic nitrogens is 3. The lowest BCUT2D eigenvalue weighted by Gasteiger charge is -2.24. The average molecular weight is 382 g/mol. The standard InChI is InChI=1S/C21H20F2N4O/c22-15-5-6-20(17(23)12-15)27-19-3-1-2-18(16(19)13-25-27)26-21(28)7-4-14-8-10-24-11-9-14/h5-6,8-13,18H,1-4,7H2,(H,26,28)/t18-/m0/s1. The molecular formula is C21H20F2N4O. The fourth-order valence-corrected chi connectivity index (χ4v) is 3.64. The summed E-state index contributed by atoms with van der Waals surface area (Å²) in [6.45, 7) is 0. The zero-order valence-electron chi connectivity index (χ0n) is 15.2. The fourth-order valence-electron chi connectivity index (χ4n) is 3.64. The zero-order chi connectivity index (χ0) is 19.5. The van der Waals surface area contributed by atoms with E-state index in [0.29, 0.717) is 12.8 Å². The molecule has 3 aromatic rings. The van der Waals surface area contributed by atoms with E-state index in [0.717, 1.165) is 42.1 Å². The van der Waals surface area contributed by atoms with Gasteiger partial charge >= 0.3 is 0 Å². The molecule has 0 saturated heterocycles. The number of pyridine rings is 1. The number of rotatable bonds is 5. The van der Waals surface area contributed by atoms with Gasteiger partial charge in [0.1, 0.15) is 11.5 Å². The number of aryl methyl sites for hydroxylation is 1. The van der Waals surface area contributed by atoms with Crippen molar-refractivity contribution in [1.29, 1.82) is 0 Å². The topological polar surface area (TPSA) is 59.8 Å². The number of benzene rings is 1. The summed E-state index contributed by atoms with van der Waals surface area (Å²) in [4.78, 5) is 16.4. The minimum absolute atomic E-state index is 0.0321. The van der Waals surface area contributed by atoms with E-state index in [4.69, 9.17) is 0 Å². The van der Waals surface area contributed by atoms with E-state index in [9.17, 15) is 13.6 Å². The Labute approximate surface area is 161 Å². The highest BCUT2D eigenvalue weighted by Gasteiger charge is 2.26. The average Bonchev–Trinajstić information content (AvgIpc) is 3.12. The minimum Gasteiger partial charge on any atom is -0.349 e. The Bertz CT molecular complexity index is 987. The summed E-state index contributed by atoms with van der Waals surface area (Å²) in [7, 11) is 0. The van der Waals surface area contributed by atoms with Crippen molar-refractivity contribution in [3.8, 4) is 5.69 Å². The van der Waals surface area contributed by atoms with Crippen LogP contribution >= 0.6 is 0 Å². The number of nitrogens with one attached hydrogen (secondary N) is 1. The van der Waals surface area contributed by atoms with Gasteiger partial charge in [0, 0.05) is 36.1 Å². The summed E-state index contributed by atoms with van der Waals surface area (Å²) >= 11 is 0. The summed E-state index contributed by atoms with van der Waals surface area (Å²) in [6.07, 6.45) is 8.53. The first-order chi connectivity index (χ1) is 13.6. The van der Waals surface area contributed by atoms with E-state index < -0.39 is 11.6 Å². The first-order valence-electron chi connectivity index (χ1n) is 9.32. The van der Waals surface area contributed by atoms with Crippen LogP contribution in [0.25, 0.3) is 5.69 Å². The van der Waals surface area contributed by atoms with E-state index in [2.05, 4.69) is 15.4 Å². The molecule has 4 rings (SSSR count). The molecule has 1 amide bonds. The summed E-state index contributed by atoms with van der Waals surface area (Å²) in [6, 6.07) is 7.10. The van der Waals surface area contributed by atoms with Gasteiger partial charge in [0.05, 0.1) is 12.2 Å². The van der Waals surface area contributed by atoms with Crippen molar-refractivity contribution in [2.45, 2.75) is 38.1 Å². The molecule has 1 aromatic carbocycles. The maximum absolute atomic E-state index is 14.2. The molecule has 1 aliphatic rings. The number of carbonyl (C=O) groups is 1. The molecule has 28 heavy (non-hydrogen) atoms. The van der Waals surface area contributed by atoms with Gasteiger partial charge in [0.25, 0.3) is 0 Å². The van der Waals surface area contributed by atoms with Crippen LogP contribution in [0.4, 0.5) is 8.78 Å². The SMILES string of the molecule is O=C(CCc1ccncc1)N[C@H]1CCCc2c1cnn2-c1ccc(F)cc1F. The van der Waals surface area contributed by atoms with Gasteiger partial charge < -0.3 is 5.32 Å². The van der Waals surface area contributed by atoms with E-state index in [-0.39, 0.29) is 17.6 Å². The highest BCUT2D eigenvalue weighted by Crippen LogP contribution is 2.31. The maximum Gasteiger partial charge on any atom is 0.220 e. The number of nitrogens with zero attached hydrogens (tertiary/aromatic N) is 3. The van der Waals surface area contributed by atoms with Gasteiger partial charge in [-0.3, -0.25) is 9.78 Å². The van der Waals surface area contributed by atoms with Crippen LogP contribution in [0, 0.1) is 11.6 Å². The van der Waals surface area contributed by atoms with E-state index in [1.807, 2.05) is 12.1 Å². The summed E-state index contributed by atoms with van der Waals surface area (Å²) < 4.78 is 28.9. The van der Waals surface area contributed by atoms with Crippen molar-refractivity contribution < 1.29 is 13.6 Å². The molecule has 0 saturated carbocycles. The number of amides is 1. The Kier molecular flexibility index (Phi) is 5.14. The molecule has 1 aliphatic carbocycles. The van der Waals surface area contributed by atoms with Crippen molar-refractivity contribution in [3.63, 3.8) is 0 Å². The number of carbonyl (C=O) groups excluding carboxylic acids is 1. The lowest BCUT2D eigenvalue weighted by atomic mass is 9.92. The first-order valence-corrected chi connectivity index (χ1v) is 9.32. The van der Waals surface area contributed by atoms with Crippen LogP contribution in [0.1, 0.15) is 42.1 Å². The number of hydrogen-bond acceptors (Lipinski definition) is 3. The van der Waals surface area contributed by atoms with Crippen molar-refractivity contribution in [3.05, 3.63) is 77.4 Å². The van der Waals surface area contributed by atoms with Gasteiger partial charge in [-0.2, -0.15) is 5.10 Å². The second kappa shape index (κ2) is 7.88. The van der Waals surface area contributed by atoms with Crippen LogP contribution in [-0.4, -0.2) is 20.7 Å². The quantitative estimate of drug-likeness (QED) is 0.732. The monoisotopic (exact) mass is 382 g/mol. The largest absolute Gasteiger partial charge is 0.349 e. The molecule has 0 fully saturated rings. The van der Waals surface area contributed by atoms with Crippen molar-refractivity contribution >= 4 is 5.91 Å². The molecule has 0 aliphatic heterocycles. The van der Waals surface area contributed by atoms with E-state index in [1.165, 1.54) is 16.8 Å². The Morgan fingerprint density at radius 2 is 2.04 bits per heavy atom. The molecule has 5 nitrogen and oxygen atoms in total. The van der Waals surface area contributed by atoms with Crippen LogP contribution in [0.3, 0.4) is 0 Å². The summed E-state index contributed by atoms with van der Waals surface area (Å²) in [5.74, 6) is -1.31.